The molecule has 3 aromatic heterocycles. The van der Waals surface area contributed by atoms with Crippen LogP contribution in [0.1, 0.15) is 15.3 Å². The Balaban J connectivity index is 1.72. The zero-order valence-electron chi connectivity index (χ0n) is 12.5. The fourth-order valence-corrected chi connectivity index (χ4v) is 3.25. The summed E-state index contributed by atoms with van der Waals surface area (Å²) < 4.78 is 48.9. The Bertz CT molecular complexity index is 813. The van der Waals surface area contributed by atoms with Gasteiger partial charge in [-0.05, 0) is 36.1 Å². The zero-order chi connectivity index (χ0) is 17.2. The largest absolute Gasteiger partial charge is 0.472 e. The number of pyridine rings is 1. The first-order valence-corrected chi connectivity index (χ1v) is 8.58. The highest BCUT2D eigenvalue weighted by atomic mass is 32.1. The van der Waals surface area contributed by atoms with Gasteiger partial charge in [0.05, 0.1) is 0 Å². The minimum atomic E-state index is -4.37. The number of nitrogens with zero attached hydrogens (tertiary/aromatic N) is 1. The van der Waals surface area contributed by atoms with Crippen LogP contribution in [0.25, 0.3) is 0 Å². The maximum atomic E-state index is 12.6. The van der Waals surface area contributed by atoms with E-state index < -0.39 is 11.1 Å². The predicted molar refractivity (Wildman–Crippen MR) is 87.0 cm³/mol. The Morgan fingerprint density at radius 1 is 1.12 bits per heavy atom. The van der Waals surface area contributed by atoms with Crippen molar-refractivity contribution in [1.29, 1.82) is 0 Å². The number of ether oxygens (including phenoxy) is 2. The number of halogens is 3. The first-order valence-electron chi connectivity index (χ1n) is 6.89. The summed E-state index contributed by atoms with van der Waals surface area (Å²) in [5, 5.41) is 2.08. The first kappa shape index (κ1) is 16.8. The maximum absolute atomic E-state index is 12.6. The highest BCUT2D eigenvalue weighted by Crippen LogP contribution is 2.39. The summed E-state index contributed by atoms with van der Waals surface area (Å²) >= 11 is 2.10. The molecule has 0 aliphatic carbocycles. The van der Waals surface area contributed by atoms with Gasteiger partial charge in [-0.1, -0.05) is 17.4 Å². The number of rotatable bonds is 5. The molecular formula is C16H12F3NO2S2. The highest BCUT2D eigenvalue weighted by molar-refractivity contribution is 7.14. The molecular weight excluding hydrogens is 359 g/mol. The summed E-state index contributed by atoms with van der Waals surface area (Å²) in [6, 6.07) is 9.54. The van der Waals surface area contributed by atoms with Crippen LogP contribution in [-0.4, -0.2) is 4.98 Å². The van der Waals surface area contributed by atoms with Crippen molar-refractivity contribution in [3.63, 3.8) is 0 Å². The van der Waals surface area contributed by atoms with Gasteiger partial charge in [-0.25, -0.2) is 0 Å². The van der Waals surface area contributed by atoms with E-state index in [2.05, 4.69) is 4.98 Å². The van der Waals surface area contributed by atoms with Gasteiger partial charge in [-0.15, -0.1) is 11.3 Å². The number of thiophene rings is 2. The second-order valence-corrected chi connectivity index (χ2v) is 6.99. The van der Waals surface area contributed by atoms with Gasteiger partial charge < -0.3 is 9.47 Å². The monoisotopic (exact) mass is 371 g/mol. The van der Waals surface area contributed by atoms with Crippen molar-refractivity contribution in [2.75, 3.05) is 0 Å². The first-order chi connectivity index (χ1) is 11.4. The molecule has 0 spiro atoms. The van der Waals surface area contributed by atoms with E-state index in [0.29, 0.717) is 23.8 Å². The van der Waals surface area contributed by atoms with E-state index in [4.69, 9.17) is 9.47 Å². The molecule has 0 N–H and O–H groups in total. The molecule has 0 aliphatic heterocycles. The summed E-state index contributed by atoms with van der Waals surface area (Å²) in [5.41, 5.74) is 0.841. The van der Waals surface area contributed by atoms with E-state index in [1.807, 2.05) is 24.4 Å². The molecule has 24 heavy (non-hydrogen) atoms. The summed E-state index contributed by atoms with van der Waals surface area (Å²) in [4.78, 5) is 4.53. The van der Waals surface area contributed by atoms with Gasteiger partial charge in [0.1, 0.15) is 11.5 Å². The fraction of sp³-hybridized carbons (Fsp3) is 0.188. The summed E-state index contributed by atoms with van der Waals surface area (Å²) in [7, 11) is 0. The molecule has 0 unspecified atom stereocenters. The lowest BCUT2D eigenvalue weighted by Crippen LogP contribution is -2.00. The van der Waals surface area contributed by atoms with Gasteiger partial charge in [0.15, 0.2) is 5.06 Å². The van der Waals surface area contributed by atoms with Crippen molar-refractivity contribution in [3.8, 4) is 16.8 Å². The highest BCUT2D eigenvalue weighted by Gasteiger charge is 2.32. The third kappa shape index (κ3) is 4.27. The molecule has 3 heterocycles. The average Bonchev–Trinajstić information content (AvgIpc) is 3.15. The predicted octanol–water partition coefficient (Wildman–Crippen LogP) is 5.90. The van der Waals surface area contributed by atoms with Crippen LogP contribution in [0, 0.1) is 6.92 Å². The number of hydrogen-bond acceptors (Lipinski definition) is 5. The van der Waals surface area contributed by atoms with Crippen LogP contribution in [0.5, 0.6) is 16.8 Å². The topological polar surface area (TPSA) is 31.4 Å². The van der Waals surface area contributed by atoms with Gasteiger partial charge >= 0.3 is 6.18 Å². The Kier molecular flexibility index (Phi) is 4.77. The third-order valence-corrected chi connectivity index (χ3v) is 4.79. The molecule has 0 atom stereocenters. The van der Waals surface area contributed by atoms with Crippen molar-refractivity contribution in [3.05, 3.63) is 57.1 Å². The third-order valence-electron chi connectivity index (χ3n) is 2.93. The number of hydrogen-bond donors (Lipinski definition) is 0. The smallest absolute Gasteiger partial charge is 0.425 e. The van der Waals surface area contributed by atoms with Crippen molar-refractivity contribution in [2.24, 2.45) is 0 Å². The molecule has 0 saturated carbocycles. The average molecular weight is 371 g/mol. The molecule has 0 bridgehead atoms. The Morgan fingerprint density at radius 3 is 2.58 bits per heavy atom. The maximum Gasteiger partial charge on any atom is 0.425 e. The van der Waals surface area contributed by atoms with Gasteiger partial charge in [-0.2, -0.15) is 18.2 Å². The van der Waals surface area contributed by atoms with Crippen LogP contribution < -0.4 is 9.47 Å². The van der Waals surface area contributed by atoms with Crippen LogP contribution in [-0.2, 0) is 12.8 Å². The zero-order valence-corrected chi connectivity index (χ0v) is 14.1. The Labute approximate surface area is 144 Å². The lowest BCUT2D eigenvalue weighted by molar-refractivity contribution is -0.134. The molecule has 126 valence electrons. The van der Waals surface area contributed by atoms with E-state index in [1.54, 1.807) is 23.5 Å². The molecule has 0 amide bonds. The summed E-state index contributed by atoms with van der Waals surface area (Å²) in [5.74, 6) is 0.567. The normalized spacial score (nSPS) is 11.5. The van der Waals surface area contributed by atoms with Crippen LogP contribution in [0.4, 0.5) is 13.2 Å². The molecule has 0 fully saturated rings. The molecule has 3 rings (SSSR count). The Morgan fingerprint density at radius 2 is 1.92 bits per heavy atom. The van der Waals surface area contributed by atoms with E-state index in [0.717, 1.165) is 16.5 Å². The quantitative estimate of drug-likeness (QED) is 0.559. The van der Waals surface area contributed by atoms with Crippen molar-refractivity contribution in [2.45, 2.75) is 19.7 Å². The van der Waals surface area contributed by atoms with Crippen LogP contribution in [0.15, 0.2) is 41.8 Å². The summed E-state index contributed by atoms with van der Waals surface area (Å²) in [6.45, 7) is 2.22. The van der Waals surface area contributed by atoms with E-state index in [-0.39, 0.29) is 10.9 Å². The van der Waals surface area contributed by atoms with E-state index >= 15 is 0 Å². The molecule has 0 aliphatic rings. The van der Waals surface area contributed by atoms with E-state index in [9.17, 15) is 13.2 Å². The SMILES string of the molecule is Cc1cc(OCc2cccs2)nc(Oc2ccc(C(F)(F)F)s2)c1. The number of aromatic nitrogens is 1. The molecule has 8 heteroatoms. The van der Waals surface area contributed by atoms with Gasteiger partial charge in [-0.3, -0.25) is 0 Å². The summed E-state index contributed by atoms with van der Waals surface area (Å²) in [6.07, 6.45) is -4.37. The second-order valence-electron chi connectivity index (χ2n) is 4.91. The van der Waals surface area contributed by atoms with Gasteiger partial charge in [0.25, 0.3) is 0 Å². The molecule has 0 radical (unpaired) electrons. The lowest BCUT2D eigenvalue weighted by atomic mass is 10.3. The van der Waals surface area contributed by atoms with Gasteiger partial charge in [0.2, 0.25) is 11.8 Å². The number of aryl methyl sites for hydroxylation is 1. The molecule has 3 aromatic rings. The minimum Gasteiger partial charge on any atom is -0.472 e. The van der Waals surface area contributed by atoms with Crippen molar-refractivity contribution < 1.29 is 22.6 Å². The molecule has 0 saturated heterocycles. The van der Waals surface area contributed by atoms with Crippen molar-refractivity contribution >= 4 is 22.7 Å². The number of alkyl halides is 3. The Hall–Kier alpha value is -2.06. The molecule has 0 aromatic carbocycles. The minimum absolute atomic E-state index is 0.129. The molecule has 3 nitrogen and oxygen atoms in total. The second kappa shape index (κ2) is 6.82. The van der Waals surface area contributed by atoms with Crippen LogP contribution in [0.3, 0.4) is 0 Å². The lowest BCUT2D eigenvalue weighted by Gasteiger charge is -2.08. The fourth-order valence-electron chi connectivity index (χ4n) is 1.90. The van der Waals surface area contributed by atoms with Crippen LogP contribution >= 0.6 is 22.7 Å². The van der Waals surface area contributed by atoms with Gasteiger partial charge in [0, 0.05) is 17.0 Å². The van der Waals surface area contributed by atoms with Crippen molar-refractivity contribution in [1.82, 2.24) is 4.98 Å². The standard InChI is InChI=1S/C16H12F3NO2S2/c1-10-7-13(21-9-11-3-2-6-23-11)20-14(8-10)22-15-5-4-12(24-15)16(17,18)19/h2-8H,9H2,1H3. The van der Waals surface area contributed by atoms with Crippen LogP contribution in [0.2, 0.25) is 0 Å². The van der Waals surface area contributed by atoms with E-state index in [1.165, 1.54) is 6.07 Å².